The number of aliphatic hydroxyl groups is 1. The Morgan fingerprint density at radius 3 is 2.76 bits per heavy atom. The van der Waals surface area contributed by atoms with Gasteiger partial charge in [0.15, 0.2) is 6.29 Å². The van der Waals surface area contributed by atoms with E-state index in [1.54, 1.807) is 11.8 Å². The van der Waals surface area contributed by atoms with E-state index in [1.807, 2.05) is 6.92 Å². The van der Waals surface area contributed by atoms with Crippen LogP contribution in [0.2, 0.25) is 0 Å². The first kappa shape index (κ1) is 14.7. The molecule has 2 saturated heterocycles. The Kier molecular flexibility index (Phi) is 3.63. The maximum absolute atomic E-state index is 12.2. The van der Waals surface area contributed by atoms with Crippen molar-refractivity contribution in [1.82, 2.24) is 9.80 Å². The molecule has 3 aliphatic heterocycles. The summed E-state index contributed by atoms with van der Waals surface area (Å²) >= 11 is 0. The molecule has 0 aromatic heterocycles. The number of fused-ring (bicyclic) bond motifs is 1. The van der Waals surface area contributed by atoms with Crippen LogP contribution in [0.5, 0.6) is 0 Å². The Labute approximate surface area is 124 Å². The molecular weight excluding hydrogens is 270 g/mol. The maximum atomic E-state index is 12.2. The van der Waals surface area contributed by atoms with Crippen molar-refractivity contribution in [2.24, 2.45) is 17.6 Å². The summed E-state index contributed by atoms with van der Waals surface area (Å²) in [4.78, 5) is 27.5. The smallest absolute Gasteiger partial charge is 0.235 e. The van der Waals surface area contributed by atoms with Crippen molar-refractivity contribution in [3.05, 3.63) is 11.3 Å². The van der Waals surface area contributed by atoms with Gasteiger partial charge < -0.3 is 15.7 Å². The molecule has 0 aromatic rings. The zero-order chi connectivity index (χ0) is 15.3. The van der Waals surface area contributed by atoms with Gasteiger partial charge in [-0.25, -0.2) is 0 Å². The number of nitrogens with zero attached hydrogens (tertiary/aromatic N) is 2. The lowest BCUT2D eigenvalue weighted by Crippen LogP contribution is -2.63. The molecule has 6 heteroatoms. The van der Waals surface area contributed by atoms with Crippen molar-refractivity contribution in [3.8, 4) is 0 Å². The number of likely N-dealkylation sites (tertiary alicyclic amines) is 1. The second-order valence-electron chi connectivity index (χ2n) is 6.57. The fourth-order valence-electron chi connectivity index (χ4n) is 4.04. The van der Waals surface area contributed by atoms with Crippen molar-refractivity contribution in [3.63, 3.8) is 0 Å². The van der Waals surface area contributed by atoms with Gasteiger partial charge in [0.1, 0.15) is 0 Å². The lowest BCUT2D eigenvalue weighted by atomic mass is 9.77. The lowest BCUT2D eigenvalue weighted by Gasteiger charge is -2.46. The van der Waals surface area contributed by atoms with Gasteiger partial charge in [0.25, 0.3) is 0 Å². The van der Waals surface area contributed by atoms with Gasteiger partial charge in [-0.2, -0.15) is 0 Å². The Morgan fingerprint density at radius 2 is 2.24 bits per heavy atom. The van der Waals surface area contributed by atoms with Crippen LogP contribution >= 0.6 is 0 Å². The van der Waals surface area contributed by atoms with E-state index in [1.165, 1.54) is 0 Å². The van der Waals surface area contributed by atoms with Gasteiger partial charge in [0.2, 0.25) is 5.91 Å². The van der Waals surface area contributed by atoms with Crippen LogP contribution in [-0.4, -0.2) is 64.9 Å². The topological polar surface area (TPSA) is 86.9 Å². The Morgan fingerprint density at radius 1 is 1.52 bits per heavy atom. The number of hydrogen-bond donors (Lipinski definition) is 2. The summed E-state index contributed by atoms with van der Waals surface area (Å²) in [6, 6.07) is 0.134. The monoisotopic (exact) mass is 293 g/mol. The van der Waals surface area contributed by atoms with Gasteiger partial charge in [0, 0.05) is 31.6 Å². The number of aliphatic hydroxyl groups excluding tert-OH is 1. The third-order valence-corrected chi connectivity index (χ3v) is 5.17. The molecule has 0 radical (unpaired) electrons. The molecule has 3 heterocycles. The van der Waals surface area contributed by atoms with Crippen LogP contribution in [0.4, 0.5) is 0 Å². The molecule has 0 spiro atoms. The van der Waals surface area contributed by atoms with Gasteiger partial charge in [0.05, 0.1) is 23.8 Å². The van der Waals surface area contributed by atoms with Gasteiger partial charge >= 0.3 is 0 Å². The summed E-state index contributed by atoms with van der Waals surface area (Å²) in [5, 5.41) is 9.79. The molecule has 1 unspecified atom stereocenters. The standard InChI is InChI=1S/C15H23N3O3/c1-8-11(6-17-4-3-10(16)5-17)12(7-19)18-14(8)13(9(2)20)15(18)21/h7-10,13-14,20H,3-6,16H2,1-2H3/t8-,9+,10-,13?,14+/m0/s1. The summed E-state index contributed by atoms with van der Waals surface area (Å²) in [5.74, 6) is -0.398. The summed E-state index contributed by atoms with van der Waals surface area (Å²) in [6.07, 6.45) is 1.09. The molecule has 2 fully saturated rings. The molecule has 6 nitrogen and oxygen atoms in total. The minimum absolute atomic E-state index is 0.0658. The number of amides is 1. The molecule has 116 valence electrons. The second-order valence-corrected chi connectivity index (χ2v) is 6.57. The average Bonchev–Trinajstić information content (AvgIpc) is 2.92. The van der Waals surface area contributed by atoms with Crippen LogP contribution in [0.15, 0.2) is 11.3 Å². The van der Waals surface area contributed by atoms with E-state index in [2.05, 4.69) is 4.90 Å². The highest BCUT2D eigenvalue weighted by atomic mass is 16.3. The number of carbonyl (C=O) groups excluding carboxylic acids is 2. The first-order valence-corrected chi connectivity index (χ1v) is 7.63. The number of carbonyl (C=O) groups is 2. The zero-order valence-electron chi connectivity index (χ0n) is 12.5. The van der Waals surface area contributed by atoms with Crippen molar-refractivity contribution >= 4 is 12.2 Å². The van der Waals surface area contributed by atoms with Crippen LogP contribution in [0, 0.1) is 11.8 Å². The first-order valence-electron chi connectivity index (χ1n) is 7.63. The van der Waals surface area contributed by atoms with E-state index in [0.29, 0.717) is 12.2 Å². The van der Waals surface area contributed by atoms with E-state index in [0.717, 1.165) is 31.4 Å². The molecule has 21 heavy (non-hydrogen) atoms. The van der Waals surface area contributed by atoms with Gasteiger partial charge in [-0.05, 0) is 18.9 Å². The molecule has 5 atom stereocenters. The SMILES string of the molecule is C[C@@H](O)C1C(=O)N2C(C=O)=C(CN3CC[C@H](N)C3)[C@H](C)[C@H]12. The van der Waals surface area contributed by atoms with Crippen LogP contribution in [0.1, 0.15) is 20.3 Å². The van der Waals surface area contributed by atoms with Gasteiger partial charge in [-0.15, -0.1) is 0 Å². The number of β-lactam (4-membered cyclic amide) rings is 1. The Balaban J connectivity index is 1.82. The fourth-order valence-corrected chi connectivity index (χ4v) is 4.04. The van der Waals surface area contributed by atoms with E-state index >= 15 is 0 Å². The number of allylic oxidation sites excluding steroid dienone is 1. The summed E-state index contributed by atoms with van der Waals surface area (Å²) < 4.78 is 0. The third-order valence-electron chi connectivity index (χ3n) is 5.17. The fraction of sp³-hybridized carbons (Fsp3) is 0.733. The predicted octanol–water partition coefficient (Wildman–Crippen LogP) is -0.670. The summed E-state index contributed by atoms with van der Waals surface area (Å²) in [5.41, 5.74) is 7.45. The van der Waals surface area contributed by atoms with Crippen molar-refractivity contribution in [1.29, 1.82) is 0 Å². The quantitative estimate of drug-likeness (QED) is 0.530. The molecule has 0 aliphatic carbocycles. The highest BCUT2D eigenvalue weighted by molar-refractivity contribution is 5.95. The number of aldehydes is 1. The van der Waals surface area contributed by atoms with E-state index in [9.17, 15) is 14.7 Å². The minimum Gasteiger partial charge on any atom is -0.393 e. The van der Waals surface area contributed by atoms with Crippen molar-refractivity contribution < 1.29 is 14.7 Å². The molecule has 3 N–H and O–H groups in total. The Bertz CT molecular complexity index is 502. The molecule has 3 aliphatic rings. The van der Waals surface area contributed by atoms with Crippen molar-refractivity contribution in [2.75, 3.05) is 19.6 Å². The lowest BCUT2D eigenvalue weighted by molar-refractivity contribution is -0.160. The molecule has 0 aromatic carbocycles. The number of rotatable bonds is 4. The van der Waals surface area contributed by atoms with E-state index in [-0.39, 0.29) is 29.8 Å². The van der Waals surface area contributed by atoms with E-state index in [4.69, 9.17) is 5.73 Å². The number of hydrogen-bond acceptors (Lipinski definition) is 5. The highest BCUT2D eigenvalue weighted by Gasteiger charge is 2.58. The molecule has 0 bridgehead atoms. The van der Waals surface area contributed by atoms with E-state index < -0.39 is 6.10 Å². The Hall–Kier alpha value is -1.24. The van der Waals surface area contributed by atoms with Crippen LogP contribution in [-0.2, 0) is 9.59 Å². The predicted molar refractivity (Wildman–Crippen MR) is 77.1 cm³/mol. The molecule has 3 rings (SSSR count). The first-order chi connectivity index (χ1) is 9.95. The van der Waals surface area contributed by atoms with Gasteiger partial charge in [-0.1, -0.05) is 6.92 Å². The highest BCUT2D eigenvalue weighted by Crippen LogP contribution is 2.46. The van der Waals surface area contributed by atoms with Crippen LogP contribution in [0.3, 0.4) is 0 Å². The molecule has 0 saturated carbocycles. The maximum Gasteiger partial charge on any atom is 0.235 e. The third kappa shape index (κ3) is 2.13. The van der Waals surface area contributed by atoms with Gasteiger partial charge in [-0.3, -0.25) is 14.5 Å². The van der Waals surface area contributed by atoms with Crippen LogP contribution < -0.4 is 5.73 Å². The molecular formula is C15H23N3O3. The largest absolute Gasteiger partial charge is 0.393 e. The van der Waals surface area contributed by atoms with Crippen LogP contribution in [0.25, 0.3) is 0 Å². The zero-order valence-corrected chi connectivity index (χ0v) is 12.5. The molecule has 1 amide bonds. The summed E-state index contributed by atoms with van der Waals surface area (Å²) in [6.45, 7) is 6.14. The second kappa shape index (κ2) is 5.19. The number of nitrogens with two attached hydrogens (primary N) is 1. The van der Waals surface area contributed by atoms with Crippen molar-refractivity contribution in [2.45, 2.75) is 38.5 Å². The summed E-state index contributed by atoms with van der Waals surface area (Å²) in [7, 11) is 0. The normalized spacial score (nSPS) is 37.7. The average molecular weight is 293 g/mol. The minimum atomic E-state index is -0.673.